The summed E-state index contributed by atoms with van der Waals surface area (Å²) in [6.07, 6.45) is 3.16. The van der Waals surface area contributed by atoms with Gasteiger partial charge in [-0.3, -0.25) is 14.4 Å². The molecule has 2 bridgehead atoms. The first-order valence-corrected chi connectivity index (χ1v) is 19.7. The Labute approximate surface area is 324 Å². The number of carbonyl (C=O) groups excluding carboxylic acids is 2. The molecule has 0 radical (unpaired) electrons. The van der Waals surface area contributed by atoms with Gasteiger partial charge in [0.25, 0.3) is 5.91 Å². The highest BCUT2D eigenvalue weighted by atomic mass is 16.7. The second-order valence-electron chi connectivity index (χ2n) is 16.8. The minimum absolute atomic E-state index is 0.0377. The predicted molar refractivity (Wildman–Crippen MR) is 215 cm³/mol. The van der Waals surface area contributed by atoms with Crippen molar-refractivity contribution in [1.82, 2.24) is 20.7 Å². The van der Waals surface area contributed by atoms with Crippen LogP contribution in [0, 0.1) is 29.1 Å². The molecule has 294 valence electrons. The van der Waals surface area contributed by atoms with E-state index in [4.69, 9.17) is 9.57 Å². The number of nitrogens with one attached hydrogen (secondary N) is 3. The van der Waals surface area contributed by atoms with Gasteiger partial charge in [0.15, 0.2) is 0 Å². The third-order valence-electron chi connectivity index (χ3n) is 13.1. The first kappa shape index (κ1) is 38.8. The van der Waals surface area contributed by atoms with Crippen LogP contribution in [0.4, 0.5) is 5.69 Å². The van der Waals surface area contributed by atoms with E-state index in [1.807, 2.05) is 79.8 Å². The molecule has 3 aliphatic carbocycles. The van der Waals surface area contributed by atoms with E-state index >= 15 is 0 Å². The van der Waals surface area contributed by atoms with Crippen LogP contribution in [0.25, 0.3) is 22.0 Å². The molecule has 0 spiro atoms. The van der Waals surface area contributed by atoms with Crippen molar-refractivity contribution in [1.29, 1.82) is 0 Å². The standard InChI is InChI=1S/C44H57N5O6/c1-25-35-20-31(44(35,3)4)21-37(25)47-43(53)40-39(26(2)51)38(24-50)55-49(40)23-28-11-10-13-34(41(28)54-7)29-17-30(19-32(18-29)48(5)6)42(52)45-16-15-27-22-46-36-14-9-8-12-33(27)36/h8-14,17-19,22,25-26,31,35,37-40,46,50-51H,15-16,20-21,23-24H2,1-7H3,(H,45,52)(H,47,53)/t25-,26-,31-,35-,37-,38-,39+,40-/m0/s1. The summed E-state index contributed by atoms with van der Waals surface area (Å²) in [6.45, 7) is 8.87. The zero-order valence-electron chi connectivity index (χ0n) is 33.1. The number of fused-ring (bicyclic) bond motifs is 3. The van der Waals surface area contributed by atoms with Crippen LogP contribution in [0.1, 0.15) is 62.0 Å². The van der Waals surface area contributed by atoms with Gasteiger partial charge >= 0.3 is 0 Å². The zero-order valence-corrected chi connectivity index (χ0v) is 33.1. The molecule has 0 unspecified atom stereocenters. The van der Waals surface area contributed by atoms with Crippen LogP contribution in [0.2, 0.25) is 0 Å². The summed E-state index contributed by atoms with van der Waals surface area (Å²) in [5, 5.41) is 30.5. The molecule has 8 atom stereocenters. The molecule has 1 aromatic heterocycles. The van der Waals surface area contributed by atoms with Crippen molar-refractivity contribution in [3.8, 4) is 16.9 Å². The van der Waals surface area contributed by atoms with Gasteiger partial charge in [-0.1, -0.05) is 57.2 Å². The zero-order chi connectivity index (χ0) is 39.2. The molecule has 4 aliphatic rings. The number of ether oxygens (including phenoxy) is 1. The van der Waals surface area contributed by atoms with Crippen molar-refractivity contribution < 1.29 is 29.4 Å². The molecule has 4 aromatic rings. The van der Waals surface area contributed by atoms with E-state index in [9.17, 15) is 19.8 Å². The fourth-order valence-corrected chi connectivity index (χ4v) is 9.74. The van der Waals surface area contributed by atoms with Gasteiger partial charge in [-0.25, -0.2) is 0 Å². The third-order valence-corrected chi connectivity index (χ3v) is 13.1. The summed E-state index contributed by atoms with van der Waals surface area (Å²) < 4.78 is 6.08. The summed E-state index contributed by atoms with van der Waals surface area (Å²) in [4.78, 5) is 39.4. The van der Waals surface area contributed by atoms with Gasteiger partial charge in [0.2, 0.25) is 5.91 Å². The van der Waals surface area contributed by atoms with Crippen molar-refractivity contribution in [2.24, 2.45) is 29.1 Å². The molecule has 3 aromatic carbocycles. The summed E-state index contributed by atoms with van der Waals surface area (Å²) >= 11 is 0. The van der Waals surface area contributed by atoms with E-state index in [1.54, 1.807) is 19.1 Å². The summed E-state index contributed by atoms with van der Waals surface area (Å²) in [7, 11) is 5.49. The number of methoxy groups -OCH3 is 1. The fraction of sp³-hybridized carbons (Fsp3) is 0.500. The number of hydroxylamine groups is 2. The molecule has 5 N–H and O–H groups in total. The number of H-pyrrole nitrogens is 1. The largest absolute Gasteiger partial charge is 0.496 e. The SMILES string of the molecule is COc1c(CN2O[C@@H](CO)[C@@H]([C@H](C)O)[C@H]2C(=O)N[C@H]2C[C@@H]3C[C@@H]([C@@H]2C)C3(C)C)cccc1-c1cc(C(=O)NCCc2c[nH]c3ccccc23)cc(N(C)C)c1. The number of amides is 2. The molecule has 11 nitrogen and oxygen atoms in total. The van der Waals surface area contributed by atoms with Crippen LogP contribution in [0.3, 0.4) is 0 Å². The van der Waals surface area contributed by atoms with Crippen molar-refractivity contribution in [3.63, 3.8) is 0 Å². The number of nitrogens with zero attached hydrogens (tertiary/aromatic N) is 2. The highest BCUT2D eigenvalue weighted by Crippen LogP contribution is 2.61. The van der Waals surface area contributed by atoms with Gasteiger partial charge in [-0.15, -0.1) is 0 Å². The molecule has 2 heterocycles. The second-order valence-corrected chi connectivity index (χ2v) is 16.8. The molecule has 11 heteroatoms. The average Bonchev–Trinajstić information content (AvgIpc) is 3.76. The maximum atomic E-state index is 14.3. The van der Waals surface area contributed by atoms with E-state index in [2.05, 4.69) is 42.5 Å². The van der Waals surface area contributed by atoms with E-state index in [1.165, 1.54) is 6.42 Å². The Morgan fingerprint density at radius 2 is 1.87 bits per heavy atom. The van der Waals surface area contributed by atoms with Gasteiger partial charge in [0, 0.05) is 72.1 Å². The molecule has 4 fully saturated rings. The molecule has 1 saturated heterocycles. The van der Waals surface area contributed by atoms with E-state index in [-0.39, 0.29) is 36.4 Å². The molecule has 3 saturated carbocycles. The molecule has 8 rings (SSSR count). The maximum Gasteiger partial charge on any atom is 0.251 e. The Balaban J connectivity index is 1.13. The van der Waals surface area contributed by atoms with Crippen molar-refractivity contribution in [2.75, 3.05) is 39.3 Å². The lowest BCUT2D eigenvalue weighted by molar-refractivity contribution is -0.183. The summed E-state index contributed by atoms with van der Waals surface area (Å²) in [5.74, 6) is 1.02. The number of aromatic amines is 1. The highest BCUT2D eigenvalue weighted by molar-refractivity contribution is 5.97. The van der Waals surface area contributed by atoms with E-state index < -0.39 is 24.2 Å². The van der Waals surface area contributed by atoms with Crippen LogP contribution in [-0.2, 0) is 22.6 Å². The lowest BCUT2D eigenvalue weighted by Crippen LogP contribution is -2.62. The van der Waals surface area contributed by atoms with Gasteiger partial charge in [-0.05, 0) is 84.7 Å². The minimum Gasteiger partial charge on any atom is -0.496 e. The number of para-hydroxylation sites is 2. The Hall–Kier alpha value is -4.42. The number of aromatic nitrogens is 1. The quantitative estimate of drug-likeness (QED) is 0.120. The van der Waals surface area contributed by atoms with Crippen molar-refractivity contribution in [3.05, 3.63) is 83.6 Å². The first-order chi connectivity index (χ1) is 26.3. The van der Waals surface area contributed by atoms with Gasteiger partial charge in [0.1, 0.15) is 17.9 Å². The average molecular weight is 752 g/mol. The van der Waals surface area contributed by atoms with Gasteiger partial charge in [0.05, 0.1) is 26.4 Å². The van der Waals surface area contributed by atoms with Crippen LogP contribution in [-0.4, -0.2) is 90.7 Å². The molecular weight excluding hydrogens is 695 g/mol. The second kappa shape index (κ2) is 15.6. The van der Waals surface area contributed by atoms with E-state index in [0.29, 0.717) is 42.0 Å². The first-order valence-electron chi connectivity index (χ1n) is 19.7. The van der Waals surface area contributed by atoms with E-state index in [0.717, 1.165) is 45.3 Å². The smallest absolute Gasteiger partial charge is 0.251 e. The number of hydrogen-bond donors (Lipinski definition) is 5. The van der Waals surface area contributed by atoms with Crippen LogP contribution < -0.4 is 20.3 Å². The van der Waals surface area contributed by atoms with Crippen LogP contribution in [0.15, 0.2) is 66.9 Å². The third kappa shape index (κ3) is 7.35. The number of rotatable bonds is 13. The number of carbonyl (C=O) groups is 2. The number of anilines is 1. The number of benzene rings is 3. The fourth-order valence-electron chi connectivity index (χ4n) is 9.74. The van der Waals surface area contributed by atoms with Crippen LogP contribution in [0.5, 0.6) is 5.75 Å². The van der Waals surface area contributed by atoms with Crippen molar-refractivity contribution in [2.45, 2.75) is 77.8 Å². The minimum atomic E-state index is -0.900. The summed E-state index contributed by atoms with van der Waals surface area (Å²) in [6, 6.07) is 18.9. The lowest BCUT2D eigenvalue weighted by Gasteiger charge is -2.62. The van der Waals surface area contributed by atoms with Crippen molar-refractivity contribution >= 4 is 28.4 Å². The monoisotopic (exact) mass is 751 g/mol. The number of aliphatic hydroxyl groups is 2. The Morgan fingerprint density at radius 3 is 2.56 bits per heavy atom. The van der Waals surface area contributed by atoms with Gasteiger partial charge in [-0.2, -0.15) is 5.06 Å². The topological polar surface area (TPSA) is 139 Å². The Morgan fingerprint density at radius 1 is 1.09 bits per heavy atom. The van der Waals surface area contributed by atoms with Gasteiger partial charge < -0.3 is 35.5 Å². The normalized spacial score (nSPS) is 26.3. The highest BCUT2D eigenvalue weighted by Gasteiger charge is 2.57. The Kier molecular flexibility index (Phi) is 11.0. The molecular formula is C44H57N5O6. The molecule has 2 amide bonds. The number of aliphatic hydroxyl groups excluding tert-OH is 2. The molecule has 1 aliphatic heterocycles. The maximum absolute atomic E-state index is 14.3. The number of hydrogen-bond acceptors (Lipinski definition) is 8. The Bertz CT molecular complexity index is 2020. The molecule has 55 heavy (non-hydrogen) atoms. The van der Waals surface area contributed by atoms with Crippen LogP contribution >= 0.6 is 0 Å². The summed E-state index contributed by atoms with van der Waals surface area (Å²) in [5.41, 5.74) is 6.22. The lowest BCUT2D eigenvalue weighted by atomic mass is 9.45. The predicted octanol–water partition coefficient (Wildman–Crippen LogP) is 5.54.